The van der Waals surface area contributed by atoms with Gasteiger partial charge in [0.15, 0.2) is 12.4 Å². The monoisotopic (exact) mass is 385 g/mol. The van der Waals surface area contributed by atoms with E-state index in [0.29, 0.717) is 20.7 Å². The van der Waals surface area contributed by atoms with Crippen molar-refractivity contribution in [2.24, 2.45) is 0 Å². The maximum atomic E-state index is 12.3. The zero-order chi connectivity index (χ0) is 15.0. The van der Waals surface area contributed by atoms with E-state index in [4.69, 9.17) is 16.3 Å². The summed E-state index contributed by atoms with van der Waals surface area (Å²) < 4.78 is 6.74. The Hall–Kier alpha value is -1.37. The summed E-state index contributed by atoms with van der Waals surface area (Å²) in [6.07, 6.45) is 0. The number of amides is 1. The summed E-state index contributed by atoms with van der Waals surface area (Å²) in [7, 11) is 0. The van der Waals surface area contributed by atoms with E-state index in [0.717, 1.165) is 4.47 Å². The molecule has 108 valence electrons. The van der Waals surface area contributed by atoms with Crippen molar-refractivity contribution in [3.63, 3.8) is 0 Å². The molecule has 4 nitrogen and oxygen atoms in total. The molecule has 0 atom stereocenters. The predicted octanol–water partition coefficient (Wildman–Crippen LogP) is 3.77. The Labute approximate surface area is 138 Å². The van der Waals surface area contributed by atoms with Gasteiger partial charge in [-0.25, -0.2) is 0 Å². The van der Waals surface area contributed by atoms with Gasteiger partial charge in [0.1, 0.15) is 5.75 Å². The van der Waals surface area contributed by atoms with E-state index in [1.165, 1.54) is 16.2 Å². The van der Waals surface area contributed by atoms with Gasteiger partial charge in [-0.1, -0.05) is 27.5 Å². The Bertz CT molecular complexity index is 731. The van der Waals surface area contributed by atoms with E-state index in [9.17, 15) is 9.59 Å². The minimum atomic E-state index is -0.239. The lowest BCUT2D eigenvalue weighted by molar-refractivity contribution is -0.121. The number of hydrogen-bond donors (Lipinski definition) is 0. The fourth-order valence-electron chi connectivity index (χ4n) is 2.03. The standard InChI is InChI=1S/C14H9BrClNO3S/c15-8-1-2-11-9(5-8)17(14(19)7-20-11)6-10(18)12-3-4-13(16)21-12/h1-5H,6-7H2. The summed E-state index contributed by atoms with van der Waals surface area (Å²) in [5.41, 5.74) is 0.594. The highest BCUT2D eigenvalue weighted by molar-refractivity contribution is 9.10. The second-order valence-electron chi connectivity index (χ2n) is 4.41. The average Bonchev–Trinajstić information content (AvgIpc) is 2.89. The number of nitrogens with zero attached hydrogens (tertiary/aromatic N) is 1. The Morgan fingerprint density at radius 1 is 1.38 bits per heavy atom. The smallest absolute Gasteiger partial charge is 0.265 e. The normalized spacial score (nSPS) is 13.8. The van der Waals surface area contributed by atoms with Crippen LogP contribution in [0.1, 0.15) is 9.67 Å². The van der Waals surface area contributed by atoms with Crippen molar-refractivity contribution in [3.8, 4) is 5.75 Å². The summed E-state index contributed by atoms with van der Waals surface area (Å²) in [6, 6.07) is 8.70. The van der Waals surface area contributed by atoms with Crippen LogP contribution in [-0.2, 0) is 4.79 Å². The molecule has 2 heterocycles. The molecule has 0 fully saturated rings. The number of ether oxygens (including phenoxy) is 1. The second-order valence-corrected chi connectivity index (χ2v) is 7.04. The Balaban J connectivity index is 1.90. The molecular formula is C14H9BrClNO3S. The Morgan fingerprint density at radius 3 is 2.90 bits per heavy atom. The van der Waals surface area contributed by atoms with Crippen molar-refractivity contribution in [2.75, 3.05) is 18.1 Å². The number of hydrogen-bond acceptors (Lipinski definition) is 4. The second kappa shape index (κ2) is 5.79. The number of thiophene rings is 1. The van der Waals surface area contributed by atoms with E-state index in [1.54, 1.807) is 24.3 Å². The van der Waals surface area contributed by atoms with E-state index < -0.39 is 0 Å². The zero-order valence-corrected chi connectivity index (χ0v) is 13.8. The molecule has 0 saturated carbocycles. The fraction of sp³-hybridized carbons (Fsp3) is 0.143. The van der Waals surface area contributed by atoms with Crippen LogP contribution in [0.15, 0.2) is 34.8 Å². The Morgan fingerprint density at radius 2 is 2.19 bits per heavy atom. The van der Waals surface area contributed by atoms with Crippen molar-refractivity contribution in [1.82, 2.24) is 0 Å². The molecule has 0 bridgehead atoms. The van der Waals surface area contributed by atoms with Crippen LogP contribution in [0.5, 0.6) is 5.75 Å². The summed E-state index contributed by atoms with van der Waals surface area (Å²) in [5.74, 6) is 0.208. The van der Waals surface area contributed by atoms with Crippen LogP contribution in [0.4, 0.5) is 5.69 Å². The zero-order valence-electron chi connectivity index (χ0n) is 10.6. The molecule has 1 amide bonds. The fourth-order valence-corrected chi connectivity index (χ4v) is 3.36. The minimum Gasteiger partial charge on any atom is -0.482 e. The van der Waals surface area contributed by atoms with Gasteiger partial charge in [0.05, 0.1) is 21.4 Å². The molecule has 7 heteroatoms. The molecule has 1 aromatic heterocycles. The van der Waals surface area contributed by atoms with Gasteiger partial charge in [-0.05, 0) is 30.3 Å². The van der Waals surface area contributed by atoms with E-state index in [-0.39, 0.29) is 24.8 Å². The van der Waals surface area contributed by atoms with Gasteiger partial charge in [0.25, 0.3) is 5.91 Å². The summed E-state index contributed by atoms with van der Waals surface area (Å²) >= 11 is 10.4. The summed E-state index contributed by atoms with van der Waals surface area (Å²) in [5, 5.41) is 0. The molecule has 2 aromatic rings. The minimum absolute atomic E-state index is 0.0253. The van der Waals surface area contributed by atoms with Crippen molar-refractivity contribution in [2.45, 2.75) is 0 Å². The summed E-state index contributed by atoms with van der Waals surface area (Å²) in [6.45, 7) is -0.0877. The lowest BCUT2D eigenvalue weighted by Gasteiger charge is -2.28. The van der Waals surface area contributed by atoms with E-state index in [2.05, 4.69) is 15.9 Å². The van der Waals surface area contributed by atoms with Gasteiger partial charge in [-0.3, -0.25) is 14.5 Å². The number of anilines is 1. The molecule has 1 aliphatic heterocycles. The number of carbonyl (C=O) groups excluding carboxylic acids is 2. The maximum absolute atomic E-state index is 12.3. The first-order valence-electron chi connectivity index (χ1n) is 6.06. The largest absolute Gasteiger partial charge is 0.482 e. The van der Waals surface area contributed by atoms with Crippen LogP contribution in [0, 0.1) is 0 Å². The number of carbonyl (C=O) groups is 2. The van der Waals surface area contributed by atoms with E-state index >= 15 is 0 Å². The van der Waals surface area contributed by atoms with E-state index in [1.807, 2.05) is 6.07 Å². The first-order valence-corrected chi connectivity index (χ1v) is 8.04. The highest BCUT2D eigenvalue weighted by atomic mass is 79.9. The van der Waals surface area contributed by atoms with Crippen molar-refractivity contribution < 1.29 is 14.3 Å². The molecule has 1 aliphatic rings. The third-order valence-corrected chi connectivity index (χ3v) is 4.78. The van der Waals surface area contributed by atoms with Gasteiger partial charge < -0.3 is 4.74 Å². The Kier molecular flexibility index (Phi) is 4.01. The van der Waals surface area contributed by atoms with Gasteiger partial charge in [0, 0.05) is 4.47 Å². The number of Topliss-reactive ketones (excluding diaryl/α,β-unsaturated/α-hetero) is 1. The molecule has 0 saturated heterocycles. The highest BCUT2D eigenvalue weighted by Gasteiger charge is 2.28. The topological polar surface area (TPSA) is 46.6 Å². The molecule has 0 aliphatic carbocycles. The van der Waals surface area contributed by atoms with Gasteiger partial charge >= 0.3 is 0 Å². The first-order chi connectivity index (χ1) is 10.0. The quantitative estimate of drug-likeness (QED) is 0.754. The number of fused-ring (bicyclic) bond motifs is 1. The van der Waals surface area contributed by atoms with Crippen LogP contribution in [0.25, 0.3) is 0 Å². The molecule has 3 rings (SSSR count). The van der Waals surface area contributed by atoms with Gasteiger partial charge in [-0.2, -0.15) is 0 Å². The van der Waals surface area contributed by atoms with Crippen LogP contribution in [0.2, 0.25) is 4.34 Å². The van der Waals surface area contributed by atoms with Crippen molar-refractivity contribution >= 4 is 56.2 Å². The number of rotatable bonds is 3. The first kappa shape index (κ1) is 14.6. The predicted molar refractivity (Wildman–Crippen MR) is 85.6 cm³/mol. The SMILES string of the molecule is O=C(CN1C(=O)COc2ccc(Br)cc21)c1ccc(Cl)s1. The summed E-state index contributed by atoms with van der Waals surface area (Å²) in [4.78, 5) is 26.3. The lowest BCUT2D eigenvalue weighted by Crippen LogP contribution is -2.41. The molecule has 0 radical (unpaired) electrons. The molecule has 21 heavy (non-hydrogen) atoms. The number of ketones is 1. The lowest BCUT2D eigenvalue weighted by atomic mass is 10.2. The third kappa shape index (κ3) is 2.97. The average molecular weight is 387 g/mol. The van der Waals surface area contributed by atoms with Crippen molar-refractivity contribution in [3.05, 3.63) is 44.0 Å². The number of halogens is 2. The molecule has 0 unspecified atom stereocenters. The van der Waals surface area contributed by atoms with Crippen LogP contribution in [0.3, 0.4) is 0 Å². The highest BCUT2D eigenvalue weighted by Crippen LogP contribution is 2.34. The van der Waals surface area contributed by atoms with Gasteiger partial charge in [-0.15, -0.1) is 11.3 Å². The van der Waals surface area contributed by atoms with Crippen LogP contribution < -0.4 is 9.64 Å². The molecule has 0 N–H and O–H groups in total. The van der Waals surface area contributed by atoms with Crippen LogP contribution in [-0.4, -0.2) is 24.8 Å². The molecule has 1 aromatic carbocycles. The third-order valence-electron chi connectivity index (χ3n) is 3.01. The number of benzene rings is 1. The molecule has 0 spiro atoms. The maximum Gasteiger partial charge on any atom is 0.265 e. The van der Waals surface area contributed by atoms with Crippen molar-refractivity contribution in [1.29, 1.82) is 0 Å². The van der Waals surface area contributed by atoms with Crippen LogP contribution >= 0.6 is 38.9 Å². The van der Waals surface area contributed by atoms with Gasteiger partial charge in [0.2, 0.25) is 0 Å². The molecular weight excluding hydrogens is 378 g/mol.